The summed E-state index contributed by atoms with van der Waals surface area (Å²) in [6.07, 6.45) is 5.91. The van der Waals surface area contributed by atoms with Gasteiger partial charge in [0, 0.05) is 45.0 Å². The van der Waals surface area contributed by atoms with Crippen molar-refractivity contribution >= 4 is 6.03 Å². The van der Waals surface area contributed by atoms with E-state index in [1.807, 2.05) is 12.4 Å². The fourth-order valence-electron chi connectivity index (χ4n) is 2.34. The number of aryl methyl sites for hydroxylation is 2. The summed E-state index contributed by atoms with van der Waals surface area (Å²) in [7, 11) is 0. The van der Waals surface area contributed by atoms with Crippen LogP contribution in [0.25, 0.3) is 0 Å². The first-order valence-corrected chi connectivity index (χ1v) is 6.91. The number of nitrogens with zero attached hydrogens (tertiary/aromatic N) is 3. The number of hydrogen-bond acceptors (Lipinski definition) is 3. The Bertz CT molecular complexity index is 419. The molecule has 0 spiro atoms. The van der Waals surface area contributed by atoms with Crippen LogP contribution in [0.15, 0.2) is 12.4 Å². The van der Waals surface area contributed by atoms with E-state index in [4.69, 9.17) is 0 Å². The Balaban J connectivity index is 1.65. The van der Waals surface area contributed by atoms with Crippen molar-refractivity contribution in [2.75, 3.05) is 19.6 Å². The van der Waals surface area contributed by atoms with Gasteiger partial charge >= 0.3 is 6.03 Å². The molecule has 2 rings (SSSR count). The number of carbonyl (C=O) groups is 1. The van der Waals surface area contributed by atoms with Gasteiger partial charge in [0.25, 0.3) is 0 Å². The average molecular weight is 266 g/mol. The summed E-state index contributed by atoms with van der Waals surface area (Å²) in [5, 5.41) is 12.3. The maximum Gasteiger partial charge on any atom is 0.317 e. The Hall–Kier alpha value is -1.56. The molecule has 106 valence electrons. The highest BCUT2D eigenvalue weighted by Gasteiger charge is 2.23. The van der Waals surface area contributed by atoms with Gasteiger partial charge in [0.05, 0.1) is 6.10 Å². The van der Waals surface area contributed by atoms with Gasteiger partial charge in [-0.2, -0.15) is 0 Å². The molecule has 1 saturated heterocycles. The standard InChI is InChI=1S/C13H22N4O2/c1-2-12-14-6-9-16(12)7-3-5-15-13(19)17-8-4-11(18)10-17/h6,9,11,18H,2-5,7-8,10H2,1H3,(H,15,19)/t11-/m1/s1. The molecule has 1 aliphatic rings. The fourth-order valence-corrected chi connectivity index (χ4v) is 2.34. The molecule has 1 aromatic heterocycles. The minimum Gasteiger partial charge on any atom is -0.391 e. The van der Waals surface area contributed by atoms with Crippen LogP contribution >= 0.6 is 0 Å². The van der Waals surface area contributed by atoms with E-state index in [1.54, 1.807) is 4.90 Å². The van der Waals surface area contributed by atoms with Crippen LogP contribution in [0, 0.1) is 0 Å². The van der Waals surface area contributed by atoms with Crippen LogP contribution in [0.2, 0.25) is 0 Å². The molecule has 2 heterocycles. The Morgan fingerprint density at radius 2 is 2.47 bits per heavy atom. The molecule has 2 N–H and O–H groups in total. The van der Waals surface area contributed by atoms with Gasteiger partial charge in [-0.1, -0.05) is 6.92 Å². The Labute approximate surface area is 113 Å². The lowest BCUT2D eigenvalue weighted by Gasteiger charge is -2.16. The quantitative estimate of drug-likeness (QED) is 0.767. The first-order chi connectivity index (χ1) is 9.20. The van der Waals surface area contributed by atoms with Gasteiger partial charge < -0.3 is 19.9 Å². The summed E-state index contributed by atoms with van der Waals surface area (Å²) in [6.45, 7) is 4.69. The molecule has 6 heteroatoms. The third-order valence-electron chi connectivity index (χ3n) is 3.42. The summed E-state index contributed by atoms with van der Waals surface area (Å²) in [6, 6.07) is -0.0714. The number of aromatic nitrogens is 2. The molecule has 0 aliphatic carbocycles. The van der Waals surface area contributed by atoms with Crippen LogP contribution in [-0.2, 0) is 13.0 Å². The number of aliphatic hydroxyl groups excluding tert-OH is 1. The molecule has 0 unspecified atom stereocenters. The zero-order valence-corrected chi connectivity index (χ0v) is 11.4. The fraction of sp³-hybridized carbons (Fsp3) is 0.692. The van der Waals surface area contributed by atoms with Gasteiger partial charge in [0.1, 0.15) is 5.82 Å². The second kappa shape index (κ2) is 6.56. The molecule has 0 aromatic carbocycles. The van der Waals surface area contributed by atoms with Crippen molar-refractivity contribution in [3.8, 4) is 0 Å². The highest BCUT2D eigenvalue weighted by Crippen LogP contribution is 2.08. The molecule has 0 bridgehead atoms. The first kappa shape index (κ1) is 13.9. The number of nitrogens with one attached hydrogen (secondary N) is 1. The summed E-state index contributed by atoms with van der Waals surface area (Å²) < 4.78 is 2.12. The van der Waals surface area contributed by atoms with Gasteiger partial charge in [-0.05, 0) is 12.8 Å². The highest BCUT2D eigenvalue weighted by atomic mass is 16.3. The second-order valence-corrected chi connectivity index (χ2v) is 4.86. The van der Waals surface area contributed by atoms with E-state index in [1.165, 1.54) is 0 Å². The summed E-state index contributed by atoms with van der Waals surface area (Å²) in [5.74, 6) is 1.08. The predicted molar refractivity (Wildman–Crippen MR) is 71.8 cm³/mol. The topological polar surface area (TPSA) is 70.4 Å². The van der Waals surface area contributed by atoms with E-state index < -0.39 is 0 Å². The number of imidazole rings is 1. The zero-order chi connectivity index (χ0) is 13.7. The Morgan fingerprint density at radius 3 is 3.16 bits per heavy atom. The van der Waals surface area contributed by atoms with E-state index in [2.05, 4.69) is 21.8 Å². The zero-order valence-electron chi connectivity index (χ0n) is 11.4. The largest absolute Gasteiger partial charge is 0.391 e. The Kier molecular flexibility index (Phi) is 4.79. The third-order valence-corrected chi connectivity index (χ3v) is 3.42. The van der Waals surface area contributed by atoms with Crippen LogP contribution in [0.1, 0.15) is 25.6 Å². The van der Waals surface area contributed by atoms with E-state index in [-0.39, 0.29) is 12.1 Å². The van der Waals surface area contributed by atoms with E-state index in [0.29, 0.717) is 26.1 Å². The number of amides is 2. The molecule has 1 fully saturated rings. The number of β-amino-alcohol motifs (C(OH)–C–C–N with tert-alkyl or cyclic N) is 1. The molecule has 1 aliphatic heterocycles. The second-order valence-electron chi connectivity index (χ2n) is 4.86. The van der Waals surface area contributed by atoms with Crippen molar-refractivity contribution in [1.29, 1.82) is 0 Å². The van der Waals surface area contributed by atoms with E-state index in [9.17, 15) is 9.90 Å². The van der Waals surface area contributed by atoms with Crippen LogP contribution in [-0.4, -0.2) is 51.3 Å². The number of carbonyl (C=O) groups excluding carboxylic acids is 1. The van der Waals surface area contributed by atoms with E-state index in [0.717, 1.165) is 25.2 Å². The summed E-state index contributed by atoms with van der Waals surface area (Å²) in [4.78, 5) is 17.7. The highest BCUT2D eigenvalue weighted by molar-refractivity contribution is 5.74. The molecular weight excluding hydrogens is 244 g/mol. The van der Waals surface area contributed by atoms with Crippen molar-refractivity contribution in [1.82, 2.24) is 19.8 Å². The maximum absolute atomic E-state index is 11.8. The minimum atomic E-state index is -0.358. The van der Waals surface area contributed by atoms with Gasteiger partial charge in [-0.3, -0.25) is 0 Å². The smallest absolute Gasteiger partial charge is 0.317 e. The Morgan fingerprint density at radius 1 is 1.63 bits per heavy atom. The minimum absolute atomic E-state index is 0.0714. The maximum atomic E-state index is 11.8. The first-order valence-electron chi connectivity index (χ1n) is 6.91. The lowest BCUT2D eigenvalue weighted by atomic mass is 10.3. The molecule has 1 atom stereocenters. The predicted octanol–water partition coefficient (Wildman–Crippen LogP) is 0.612. The van der Waals surface area contributed by atoms with Gasteiger partial charge in [-0.15, -0.1) is 0 Å². The number of hydrogen-bond donors (Lipinski definition) is 2. The number of urea groups is 1. The van der Waals surface area contributed by atoms with Crippen molar-refractivity contribution in [3.05, 3.63) is 18.2 Å². The van der Waals surface area contributed by atoms with Gasteiger partial charge in [-0.25, -0.2) is 9.78 Å². The normalized spacial score (nSPS) is 18.8. The molecular formula is C13H22N4O2. The molecule has 19 heavy (non-hydrogen) atoms. The van der Waals surface area contributed by atoms with Crippen molar-refractivity contribution in [3.63, 3.8) is 0 Å². The molecule has 6 nitrogen and oxygen atoms in total. The SMILES string of the molecule is CCc1nccn1CCCNC(=O)N1CC[C@@H](O)C1. The van der Waals surface area contributed by atoms with Crippen molar-refractivity contribution in [2.45, 2.75) is 38.8 Å². The number of rotatable bonds is 5. The van der Waals surface area contributed by atoms with Crippen LogP contribution < -0.4 is 5.32 Å². The van der Waals surface area contributed by atoms with Gasteiger partial charge in [0.2, 0.25) is 0 Å². The van der Waals surface area contributed by atoms with Crippen LogP contribution in [0.5, 0.6) is 0 Å². The lowest BCUT2D eigenvalue weighted by molar-refractivity contribution is 0.172. The number of aliphatic hydroxyl groups is 1. The van der Waals surface area contributed by atoms with Gasteiger partial charge in [0.15, 0.2) is 0 Å². The summed E-state index contributed by atoms with van der Waals surface area (Å²) >= 11 is 0. The average Bonchev–Trinajstić information content (AvgIpc) is 3.02. The molecule has 0 saturated carbocycles. The molecule has 2 amide bonds. The van der Waals surface area contributed by atoms with E-state index >= 15 is 0 Å². The summed E-state index contributed by atoms with van der Waals surface area (Å²) in [5.41, 5.74) is 0. The van der Waals surface area contributed by atoms with Crippen LogP contribution in [0.4, 0.5) is 4.79 Å². The third kappa shape index (κ3) is 3.70. The van der Waals surface area contributed by atoms with Crippen molar-refractivity contribution < 1.29 is 9.90 Å². The lowest BCUT2D eigenvalue weighted by Crippen LogP contribution is -2.39. The van der Waals surface area contributed by atoms with Crippen LogP contribution in [0.3, 0.4) is 0 Å². The number of likely N-dealkylation sites (tertiary alicyclic amines) is 1. The molecule has 1 aromatic rings. The monoisotopic (exact) mass is 266 g/mol. The molecule has 0 radical (unpaired) electrons. The van der Waals surface area contributed by atoms with Crippen molar-refractivity contribution in [2.24, 2.45) is 0 Å².